The molecule has 2 rings (SSSR count). The zero-order chi connectivity index (χ0) is 15.2. The van der Waals surface area contributed by atoms with Crippen LogP contribution in [-0.4, -0.2) is 12.5 Å². The lowest BCUT2D eigenvalue weighted by Crippen LogP contribution is -2.27. The quantitative estimate of drug-likeness (QED) is 0.856. The smallest absolute Gasteiger partial charge is 0.218 e. The predicted octanol–water partition coefficient (Wildman–Crippen LogP) is 2.86. The molecule has 0 spiro atoms. The van der Waals surface area contributed by atoms with Gasteiger partial charge in [0.25, 0.3) is 0 Å². The van der Waals surface area contributed by atoms with Gasteiger partial charge in [0.2, 0.25) is 5.91 Å². The number of hydrogen-bond acceptors (Lipinski definition) is 2. The van der Waals surface area contributed by atoms with Gasteiger partial charge in [-0.3, -0.25) is 4.79 Å². The first kappa shape index (κ1) is 15.3. The third kappa shape index (κ3) is 4.17. The van der Waals surface area contributed by atoms with Crippen molar-refractivity contribution in [2.45, 2.75) is 26.3 Å². The van der Waals surface area contributed by atoms with Gasteiger partial charge in [-0.05, 0) is 30.5 Å². The van der Waals surface area contributed by atoms with E-state index in [0.717, 1.165) is 0 Å². The first-order valence-corrected chi connectivity index (χ1v) is 7.21. The molecule has 3 heteroatoms. The summed E-state index contributed by atoms with van der Waals surface area (Å²) in [6.07, 6.45) is 0.341. The normalized spacial score (nSPS) is 12.1. The molecule has 0 aliphatic carbocycles. The van der Waals surface area contributed by atoms with Crippen LogP contribution in [-0.2, 0) is 4.79 Å². The largest absolute Gasteiger partial charge is 0.370 e. The molecule has 1 amide bonds. The minimum Gasteiger partial charge on any atom is -0.370 e. The van der Waals surface area contributed by atoms with E-state index in [-0.39, 0.29) is 11.9 Å². The molecule has 2 aromatic carbocycles. The van der Waals surface area contributed by atoms with Gasteiger partial charge in [-0.15, -0.1) is 0 Å². The zero-order valence-corrected chi connectivity index (χ0v) is 12.6. The van der Waals surface area contributed by atoms with E-state index in [2.05, 4.69) is 49.5 Å². The van der Waals surface area contributed by atoms with Crippen LogP contribution in [0, 0.1) is 13.8 Å². The maximum absolute atomic E-state index is 11.0. The van der Waals surface area contributed by atoms with Gasteiger partial charge in [-0.2, -0.15) is 0 Å². The zero-order valence-electron chi connectivity index (χ0n) is 12.6. The number of amides is 1. The standard InChI is InChI=1S/C18H22N2O/c1-13-8-9-14(2)16(12-13)18(20-11-10-17(19)21)15-6-4-3-5-7-15/h3-9,12,18,20H,10-11H2,1-2H3,(H2,19,21). The highest BCUT2D eigenvalue weighted by Crippen LogP contribution is 2.25. The number of carbonyl (C=O) groups excluding carboxylic acids is 1. The molecular formula is C18H22N2O. The van der Waals surface area contributed by atoms with E-state index in [1.54, 1.807) is 0 Å². The van der Waals surface area contributed by atoms with Crippen molar-refractivity contribution in [1.82, 2.24) is 5.32 Å². The van der Waals surface area contributed by atoms with E-state index >= 15 is 0 Å². The summed E-state index contributed by atoms with van der Waals surface area (Å²) < 4.78 is 0. The minimum absolute atomic E-state index is 0.0745. The Labute approximate surface area is 126 Å². The van der Waals surface area contributed by atoms with Crippen LogP contribution in [0.2, 0.25) is 0 Å². The average Bonchev–Trinajstić information content (AvgIpc) is 2.47. The summed E-state index contributed by atoms with van der Waals surface area (Å²) in [7, 11) is 0. The van der Waals surface area contributed by atoms with Crippen molar-refractivity contribution in [3.05, 3.63) is 70.8 Å². The van der Waals surface area contributed by atoms with E-state index < -0.39 is 0 Å². The second-order valence-electron chi connectivity index (χ2n) is 5.37. The summed E-state index contributed by atoms with van der Waals surface area (Å²) in [4.78, 5) is 11.0. The Balaban J connectivity index is 2.31. The van der Waals surface area contributed by atoms with Gasteiger partial charge in [-0.1, -0.05) is 54.1 Å². The van der Waals surface area contributed by atoms with Crippen LogP contribution in [0.15, 0.2) is 48.5 Å². The number of hydrogen-bond donors (Lipinski definition) is 2. The van der Waals surface area contributed by atoms with Gasteiger partial charge in [0, 0.05) is 13.0 Å². The van der Waals surface area contributed by atoms with E-state index in [1.165, 1.54) is 22.3 Å². The van der Waals surface area contributed by atoms with Gasteiger partial charge in [0.15, 0.2) is 0 Å². The Morgan fingerprint density at radius 2 is 1.86 bits per heavy atom. The lowest BCUT2D eigenvalue weighted by Gasteiger charge is -2.22. The van der Waals surface area contributed by atoms with Crippen LogP contribution in [0.3, 0.4) is 0 Å². The first-order valence-electron chi connectivity index (χ1n) is 7.21. The van der Waals surface area contributed by atoms with Crippen molar-refractivity contribution >= 4 is 5.91 Å². The van der Waals surface area contributed by atoms with Gasteiger partial charge in [0.1, 0.15) is 0 Å². The maximum Gasteiger partial charge on any atom is 0.218 e. The topological polar surface area (TPSA) is 55.1 Å². The molecule has 0 aliphatic heterocycles. The average molecular weight is 282 g/mol. The van der Waals surface area contributed by atoms with Crippen molar-refractivity contribution in [2.24, 2.45) is 5.73 Å². The van der Waals surface area contributed by atoms with Gasteiger partial charge in [-0.25, -0.2) is 0 Å². The molecule has 1 atom stereocenters. The van der Waals surface area contributed by atoms with Crippen LogP contribution in [0.4, 0.5) is 0 Å². The molecule has 21 heavy (non-hydrogen) atoms. The Morgan fingerprint density at radius 1 is 1.14 bits per heavy atom. The Hall–Kier alpha value is -2.13. The third-order valence-electron chi connectivity index (χ3n) is 3.60. The highest BCUT2D eigenvalue weighted by Gasteiger charge is 2.15. The van der Waals surface area contributed by atoms with E-state index in [9.17, 15) is 4.79 Å². The molecule has 0 fully saturated rings. The third-order valence-corrected chi connectivity index (χ3v) is 3.60. The molecule has 110 valence electrons. The summed E-state index contributed by atoms with van der Waals surface area (Å²) in [5, 5.41) is 3.45. The van der Waals surface area contributed by atoms with E-state index in [4.69, 9.17) is 5.73 Å². The number of nitrogens with two attached hydrogens (primary N) is 1. The Morgan fingerprint density at radius 3 is 2.52 bits per heavy atom. The second-order valence-corrected chi connectivity index (χ2v) is 5.37. The van der Waals surface area contributed by atoms with Gasteiger partial charge >= 0.3 is 0 Å². The van der Waals surface area contributed by atoms with Crippen molar-refractivity contribution in [3.63, 3.8) is 0 Å². The number of rotatable bonds is 6. The highest BCUT2D eigenvalue weighted by atomic mass is 16.1. The summed E-state index contributed by atoms with van der Waals surface area (Å²) in [6.45, 7) is 4.77. The molecule has 1 unspecified atom stereocenters. The summed E-state index contributed by atoms with van der Waals surface area (Å²) >= 11 is 0. The SMILES string of the molecule is Cc1ccc(C)c(C(NCCC(N)=O)c2ccccc2)c1. The van der Waals surface area contributed by atoms with Crippen LogP contribution in [0.25, 0.3) is 0 Å². The molecule has 0 bridgehead atoms. The van der Waals surface area contributed by atoms with Crippen molar-refractivity contribution in [3.8, 4) is 0 Å². The molecule has 3 nitrogen and oxygen atoms in total. The second kappa shape index (κ2) is 7.04. The number of benzene rings is 2. The van der Waals surface area contributed by atoms with Gasteiger partial charge < -0.3 is 11.1 Å². The Bertz CT molecular complexity index is 608. The lowest BCUT2D eigenvalue weighted by molar-refractivity contribution is -0.117. The van der Waals surface area contributed by atoms with Crippen molar-refractivity contribution < 1.29 is 4.79 Å². The van der Waals surface area contributed by atoms with Crippen LogP contribution in [0.1, 0.15) is 34.7 Å². The maximum atomic E-state index is 11.0. The predicted molar refractivity (Wildman–Crippen MR) is 86.0 cm³/mol. The van der Waals surface area contributed by atoms with Crippen molar-refractivity contribution in [1.29, 1.82) is 0 Å². The molecule has 0 aromatic heterocycles. The molecule has 0 saturated heterocycles. The number of nitrogens with one attached hydrogen (secondary N) is 1. The molecule has 0 radical (unpaired) electrons. The molecular weight excluding hydrogens is 260 g/mol. The molecule has 0 heterocycles. The summed E-state index contributed by atoms with van der Waals surface area (Å²) in [5.74, 6) is -0.282. The van der Waals surface area contributed by atoms with Crippen molar-refractivity contribution in [2.75, 3.05) is 6.54 Å². The molecule has 0 aliphatic rings. The highest BCUT2D eigenvalue weighted by molar-refractivity contribution is 5.73. The first-order chi connectivity index (χ1) is 10.1. The fourth-order valence-corrected chi connectivity index (χ4v) is 2.46. The molecule has 0 saturated carbocycles. The lowest BCUT2D eigenvalue weighted by atomic mass is 9.93. The molecule has 3 N–H and O–H groups in total. The van der Waals surface area contributed by atoms with E-state index in [1.807, 2.05) is 18.2 Å². The monoisotopic (exact) mass is 282 g/mol. The number of primary amides is 1. The van der Waals surface area contributed by atoms with Gasteiger partial charge in [0.05, 0.1) is 6.04 Å². The fourth-order valence-electron chi connectivity index (χ4n) is 2.46. The summed E-state index contributed by atoms with van der Waals surface area (Å²) in [6, 6.07) is 16.8. The van der Waals surface area contributed by atoms with Crippen LogP contribution in [0.5, 0.6) is 0 Å². The van der Waals surface area contributed by atoms with Crippen LogP contribution >= 0.6 is 0 Å². The fraction of sp³-hybridized carbons (Fsp3) is 0.278. The minimum atomic E-state index is -0.282. The summed E-state index contributed by atoms with van der Waals surface area (Å²) in [5.41, 5.74) is 10.1. The molecule has 2 aromatic rings. The Kier molecular flexibility index (Phi) is 5.12. The number of aryl methyl sites for hydroxylation is 2. The van der Waals surface area contributed by atoms with Crippen LogP contribution < -0.4 is 11.1 Å². The number of carbonyl (C=O) groups is 1. The van der Waals surface area contributed by atoms with E-state index in [0.29, 0.717) is 13.0 Å².